The summed E-state index contributed by atoms with van der Waals surface area (Å²) in [6.45, 7) is 4.12. The molecule has 1 fully saturated rings. The van der Waals surface area contributed by atoms with Gasteiger partial charge in [0.2, 0.25) is 0 Å². The molecule has 1 amide bonds. The van der Waals surface area contributed by atoms with E-state index in [0.717, 1.165) is 37.9 Å². The van der Waals surface area contributed by atoms with Gasteiger partial charge in [0, 0.05) is 18.7 Å². The number of carbonyl (C=O) groups excluding carboxylic acids is 1. The van der Waals surface area contributed by atoms with Crippen molar-refractivity contribution < 1.29 is 4.79 Å². The molecule has 1 atom stereocenters. The minimum atomic E-state index is 0.141. The fourth-order valence-electron chi connectivity index (χ4n) is 2.45. The van der Waals surface area contributed by atoms with Crippen LogP contribution in [0.4, 0.5) is 0 Å². The molecule has 0 aromatic heterocycles. The molecule has 1 heterocycles. The SMILES string of the molecule is Cc1ccc(C(=O)N(C)C2CCCNCC2)cc1. The smallest absolute Gasteiger partial charge is 0.253 e. The van der Waals surface area contributed by atoms with Gasteiger partial charge in [-0.25, -0.2) is 0 Å². The van der Waals surface area contributed by atoms with Crippen molar-refractivity contribution in [3.05, 3.63) is 35.4 Å². The van der Waals surface area contributed by atoms with E-state index in [-0.39, 0.29) is 5.91 Å². The maximum Gasteiger partial charge on any atom is 0.253 e. The number of nitrogens with one attached hydrogen (secondary N) is 1. The first-order valence-electron chi connectivity index (χ1n) is 6.73. The average Bonchev–Trinajstić information content (AvgIpc) is 2.67. The zero-order valence-electron chi connectivity index (χ0n) is 11.3. The van der Waals surface area contributed by atoms with Gasteiger partial charge in [-0.05, 0) is 51.4 Å². The predicted octanol–water partition coefficient (Wildman–Crippen LogP) is 2.21. The molecule has 1 saturated heterocycles. The van der Waals surface area contributed by atoms with E-state index in [9.17, 15) is 4.79 Å². The molecule has 0 aliphatic carbocycles. The van der Waals surface area contributed by atoms with E-state index >= 15 is 0 Å². The number of benzene rings is 1. The van der Waals surface area contributed by atoms with Gasteiger partial charge in [0.1, 0.15) is 0 Å². The Morgan fingerprint density at radius 1 is 1.22 bits per heavy atom. The van der Waals surface area contributed by atoms with E-state index in [1.165, 1.54) is 5.56 Å². The molecule has 2 rings (SSSR count). The number of hydrogen-bond donors (Lipinski definition) is 1. The van der Waals surface area contributed by atoms with Gasteiger partial charge in [-0.3, -0.25) is 4.79 Å². The van der Waals surface area contributed by atoms with Crippen molar-refractivity contribution in [2.75, 3.05) is 20.1 Å². The Balaban J connectivity index is 2.05. The van der Waals surface area contributed by atoms with Crippen LogP contribution in [0.15, 0.2) is 24.3 Å². The third-order valence-electron chi connectivity index (χ3n) is 3.71. The first kappa shape index (κ1) is 13.1. The van der Waals surface area contributed by atoms with Crippen LogP contribution < -0.4 is 5.32 Å². The van der Waals surface area contributed by atoms with E-state index in [0.29, 0.717) is 6.04 Å². The lowest BCUT2D eigenvalue weighted by Gasteiger charge is -2.27. The summed E-state index contributed by atoms with van der Waals surface area (Å²) in [5, 5.41) is 3.38. The first-order chi connectivity index (χ1) is 8.68. The van der Waals surface area contributed by atoms with Crippen molar-refractivity contribution >= 4 is 5.91 Å². The molecule has 1 aromatic rings. The summed E-state index contributed by atoms with van der Waals surface area (Å²) in [7, 11) is 1.93. The molecule has 1 N–H and O–H groups in total. The summed E-state index contributed by atoms with van der Waals surface area (Å²) in [5.41, 5.74) is 1.98. The molecule has 3 nitrogen and oxygen atoms in total. The van der Waals surface area contributed by atoms with Gasteiger partial charge in [0.25, 0.3) is 5.91 Å². The fraction of sp³-hybridized carbons (Fsp3) is 0.533. The van der Waals surface area contributed by atoms with Crippen LogP contribution in [0.5, 0.6) is 0 Å². The largest absolute Gasteiger partial charge is 0.339 e. The third-order valence-corrected chi connectivity index (χ3v) is 3.71. The highest BCUT2D eigenvalue weighted by Crippen LogP contribution is 2.15. The Kier molecular flexibility index (Phi) is 4.37. The summed E-state index contributed by atoms with van der Waals surface area (Å²) in [4.78, 5) is 14.3. The van der Waals surface area contributed by atoms with Gasteiger partial charge in [0.05, 0.1) is 0 Å². The standard InChI is InChI=1S/C15H22N2O/c1-12-5-7-13(8-6-12)15(18)17(2)14-4-3-10-16-11-9-14/h5-8,14,16H,3-4,9-11H2,1-2H3. The second-order valence-electron chi connectivity index (χ2n) is 5.12. The van der Waals surface area contributed by atoms with Crippen LogP contribution >= 0.6 is 0 Å². The zero-order valence-corrected chi connectivity index (χ0v) is 11.3. The van der Waals surface area contributed by atoms with Crippen molar-refractivity contribution in [3.63, 3.8) is 0 Å². The molecule has 3 heteroatoms. The second kappa shape index (κ2) is 6.01. The average molecular weight is 246 g/mol. The lowest BCUT2D eigenvalue weighted by atomic mass is 10.1. The Morgan fingerprint density at radius 2 is 1.94 bits per heavy atom. The predicted molar refractivity (Wildman–Crippen MR) is 73.8 cm³/mol. The number of hydrogen-bond acceptors (Lipinski definition) is 2. The lowest BCUT2D eigenvalue weighted by molar-refractivity contribution is 0.0720. The minimum Gasteiger partial charge on any atom is -0.339 e. The number of rotatable bonds is 2. The van der Waals surface area contributed by atoms with Crippen LogP contribution in [0.2, 0.25) is 0 Å². The molecule has 1 aliphatic rings. The number of aryl methyl sites for hydroxylation is 1. The van der Waals surface area contributed by atoms with E-state index in [1.807, 2.05) is 43.1 Å². The third kappa shape index (κ3) is 3.10. The van der Waals surface area contributed by atoms with E-state index < -0.39 is 0 Å². The quantitative estimate of drug-likeness (QED) is 0.867. The van der Waals surface area contributed by atoms with Gasteiger partial charge in [-0.1, -0.05) is 17.7 Å². The lowest BCUT2D eigenvalue weighted by Crippen LogP contribution is -2.37. The molecular formula is C15H22N2O. The number of carbonyl (C=O) groups is 1. The van der Waals surface area contributed by atoms with E-state index in [2.05, 4.69) is 5.32 Å². The van der Waals surface area contributed by atoms with Crippen LogP contribution in [-0.2, 0) is 0 Å². The normalized spacial score (nSPS) is 20.2. The molecule has 98 valence electrons. The van der Waals surface area contributed by atoms with E-state index in [1.54, 1.807) is 0 Å². The molecule has 1 aromatic carbocycles. The minimum absolute atomic E-state index is 0.141. The van der Waals surface area contributed by atoms with Crippen molar-refractivity contribution in [3.8, 4) is 0 Å². The molecule has 18 heavy (non-hydrogen) atoms. The zero-order chi connectivity index (χ0) is 13.0. The van der Waals surface area contributed by atoms with Crippen LogP contribution in [-0.4, -0.2) is 37.0 Å². The first-order valence-corrected chi connectivity index (χ1v) is 6.73. The van der Waals surface area contributed by atoms with Gasteiger partial charge in [-0.15, -0.1) is 0 Å². The number of nitrogens with zero attached hydrogens (tertiary/aromatic N) is 1. The Bertz CT molecular complexity index is 391. The molecule has 0 saturated carbocycles. The van der Waals surface area contributed by atoms with Crippen LogP contribution in [0.3, 0.4) is 0 Å². The van der Waals surface area contributed by atoms with E-state index in [4.69, 9.17) is 0 Å². The highest BCUT2D eigenvalue weighted by Gasteiger charge is 2.21. The summed E-state index contributed by atoms with van der Waals surface area (Å²) in [6, 6.07) is 8.20. The van der Waals surface area contributed by atoms with Crippen molar-refractivity contribution in [2.45, 2.75) is 32.2 Å². The Hall–Kier alpha value is -1.35. The molecule has 1 unspecified atom stereocenters. The topological polar surface area (TPSA) is 32.3 Å². The summed E-state index contributed by atoms with van der Waals surface area (Å²) in [5.74, 6) is 0.141. The van der Waals surface area contributed by atoms with Crippen molar-refractivity contribution in [1.29, 1.82) is 0 Å². The second-order valence-corrected chi connectivity index (χ2v) is 5.12. The maximum absolute atomic E-state index is 12.4. The van der Waals surface area contributed by atoms with Gasteiger partial charge in [0.15, 0.2) is 0 Å². The van der Waals surface area contributed by atoms with Crippen molar-refractivity contribution in [1.82, 2.24) is 10.2 Å². The summed E-state index contributed by atoms with van der Waals surface area (Å²) in [6.07, 6.45) is 3.30. The molecule has 1 aliphatic heterocycles. The molecule has 0 spiro atoms. The Morgan fingerprint density at radius 3 is 2.67 bits per heavy atom. The van der Waals surface area contributed by atoms with Gasteiger partial charge < -0.3 is 10.2 Å². The molecule has 0 radical (unpaired) electrons. The fourth-order valence-corrected chi connectivity index (χ4v) is 2.45. The maximum atomic E-state index is 12.4. The van der Waals surface area contributed by atoms with Crippen LogP contribution in [0, 0.1) is 6.92 Å². The van der Waals surface area contributed by atoms with Gasteiger partial charge >= 0.3 is 0 Å². The Labute approximate surface area is 109 Å². The van der Waals surface area contributed by atoms with Crippen LogP contribution in [0.1, 0.15) is 35.2 Å². The highest BCUT2D eigenvalue weighted by molar-refractivity contribution is 5.94. The molecule has 0 bridgehead atoms. The highest BCUT2D eigenvalue weighted by atomic mass is 16.2. The summed E-state index contributed by atoms with van der Waals surface area (Å²) >= 11 is 0. The molecular weight excluding hydrogens is 224 g/mol. The monoisotopic (exact) mass is 246 g/mol. The van der Waals surface area contributed by atoms with Gasteiger partial charge in [-0.2, -0.15) is 0 Å². The van der Waals surface area contributed by atoms with Crippen molar-refractivity contribution in [2.24, 2.45) is 0 Å². The van der Waals surface area contributed by atoms with Crippen LogP contribution in [0.25, 0.3) is 0 Å². The number of amides is 1. The summed E-state index contributed by atoms with van der Waals surface area (Å²) < 4.78 is 0.